The molecular weight excluding hydrogens is 172 g/mol. The van der Waals surface area contributed by atoms with Gasteiger partial charge in [0.1, 0.15) is 0 Å². The molecule has 0 aromatic rings. The average molecular weight is 198 g/mol. The lowest BCUT2D eigenvalue weighted by molar-refractivity contribution is 0.136. The second-order valence-electron chi connectivity index (χ2n) is 4.97. The van der Waals surface area contributed by atoms with Crippen molar-refractivity contribution in [3.05, 3.63) is 0 Å². The summed E-state index contributed by atoms with van der Waals surface area (Å²) in [5.41, 5.74) is 0. The summed E-state index contributed by atoms with van der Waals surface area (Å²) in [4.78, 5) is 2.61. The minimum absolute atomic E-state index is 0.697. The Bertz CT molecular complexity index is 150. The van der Waals surface area contributed by atoms with E-state index in [4.69, 9.17) is 0 Å². The lowest BCUT2D eigenvalue weighted by Crippen LogP contribution is -2.46. The van der Waals surface area contributed by atoms with E-state index < -0.39 is 0 Å². The highest BCUT2D eigenvalue weighted by atomic mass is 15.2. The van der Waals surface area contributed by atoms with E-state index in [0.717, 1.165) is 18.5 Å². The summed E-state index contributed by atoms with van der Waals surface area (Å²) < 4.78 is 0. The van der Waals surface area contributed by atoms with Crippen molar-refractivity contribution in [1.82, 2.24) is 10.2 Å². The van der Waals surface area contributed by atoms with Gasteiger partial charge in [0.2, 0.25) is 0 Å². The van der Waals surface area contributed by atoms with Crippen molar-refractivity contribution in [3.63, 3.8) is 0 Å². The lowest BCUT2D eigenvalue weighted by Gasteiger charge is -2.35. The molecule has 1 rings (SSSR count). The van der Waals surface area contributed by atoms with Crippen molar-refractivity contribution in [3.8, 4) is 0 Å². The van der Waals surface area contributed by atoms with Crippen LogP contribution in [0.1, 0.15) is 39.5 Å². The predicted octanol–water partition coefficient (Wildman–Crippen LogP) is 2.10. The Kier molecular flexibility index (Phi) is 4.90. The van der Waals surface area contributed by atoms with Crippen LogP contribution in [-0.4, -0.2) is 37.6 Å². The summed E-state index contributed by atoms with van der Waals surface area (Å²) in [7, 11) is 4.36. The van der Waals surface area contributed by atoms with Crippen molar-refractivity contribution >= 4 is 0 Å². The van der Waals surface area contributed by atoms with Crippen molar-refractivity contribution in [2.24, 2.45) is 5.92 Å². The third-order valence-electron chi connectivity index (χ3n) is 3.61. The SMILES string of the molecule is CNCC(C(C)C)N(C)C1CCCC1. The Labute approximate surface area is 89.1 Å². The normalized spacial score (nSPS) is 21.0. The fourth-order valence-electron chi connectivity index (χ4n) is 2.64. The summed E-state index contributed by atoms with van der Waals surface area (Å²) in [5.74, 6) is 0.744. The molecule has 84 valence electrons. The van der Waals surface area contributed by atoms with Crippen LogP contribution in [0.5, 0.6) is 0 Å². The van der Waals surface area contributed by atoms with Crippen LogP contribution in [0, 0.1) is 5.92 Å². The maximum absolute atomic E-state index is 3.31. The maximum atomic E-state index is 3.31. The van der Waals surface area contributed by atoms with Crippen LogP contribution in [0.4, 0.5) is 0 Å². The molecule has 0 spiro atoms. The van der Waals surface area contributed by atoms with Crippen LogP contribution in [-0.2, 0) is 0 Å². The molecule has 1 aliphatic carbocycles. The van der Waals surface area contributed by atoms with Crippen LogP contribution < -0.4 is 5.32 Å². The summed E-state index contributed by atoms with van der Waals surface area (Å²) in [6, 6.07) is 1.54. The molecule has 0 aromatic carbocycles. The molecule has 0 saturated heterocycles. The lowest BCUT2D eigenvalue weighted by atomic mass is 10.0. The van der Waals surface area contributed by atoms with Crippen LogP contribution in [0.15, 0.2) is 0 Å². The van der Waals surface area contributed by atoms with Gasteiger partial charge in [-0.15, -0.1) is 0 Å². The average Bonchev–Trinajstić information content (AvgIpc) is 2.65. The third-order valence-corrected chi connectivity index (χ3v) is 3.61. The Hall–Kier alpha value is -0.0800. The highest BCUT2D eigenvalue weighted by Gasteiger charge is 2.26. The molecule has 0 aliphatic heterocycles. The van der Waals surface area contributed by atoms with Gasteiger partial charge in [0.05, 0.1) is 0 Å². The summed E-state index contributed by atoms with van der Waals surface area (Å²) in [5, 5.41) is 3.31. The Morgan fingerprint density at radius 3 is 2.29 bits per heavy atom. The number of hydrogen-bond acceptors (Lipinski definition) is 2. The fourth-order valence-corrected chi connectivity index (χ4v) is 2.64. The molecule has 0 amide bonds. The topological polar surface area (TPSA) is 15.3 Å². The Morgan fingerprint density at radius 2 is 1.86 bits per heavy atom. The van der Waals surface area contributed by atoms with E-state index in [-0.39, 0.29) is 0 Å². The smallest absolute Gasteiger partial charge is 0.0243 e. The Morgan fingerprint density at radius 1 is 1.29 bits per heavy atom. The third kappa shape index (κ3) is 2.96. The van der Waals surface area contributed by atoms with Gasteiger partial charge in [-0.3, -0.25) is 4.90 Å². The van der Waals surface area contributed by atoms with E-state index in [1.54, 1.807) is 0 Å². The molecule has 1 aliphatic rings. The molecule has 1 unspecified atom stereocenters. The molecule has 0 aromatic heterocycles. The minimum Gasteiger partial charge on any atom is -0.318 e. The summed E-state index contributed by atoms with van der Waals surface area (Å²) in [6.45, 7) is 5.77. The Balaban J connectivity index is 2.48. The van der Waals surface area contributed by atoms with Crippen molar-refractivity contribution in [1.29, 1.82) is 0 Å². The molecule has 2 heteroatoms. The molecule has 2 nitrogen and oxygen atoms in total. The van der Waals surface area contributed by atoms with Gasteiger partial charge in [0.25, 0.3) is 0 Å². The van der Waals surface area contributed by atoms with E-state index in [1.165, 1.54) is 25.7 Å². The molecule has 0 bridgehead atoms. The van der Waals surface area contributed by atoms with Gasteiger partial charge in [-0.25, -0.2) is 0 Å². The van der Waals surface area contributed by atoms with E-state index >= 15 is 0 Å². The quantitative estimate of drug-likeness (QED) is 0.728. The van der Waals surface area contributed by atoms with Crippen molar-refractivity contribution in [2.45, 2.75) is 51.6 Å². The summed E-state index contributed by atoms with van der Waals surface area (Å²) in [6.07, 6.45) is 5.67. The van der Waals surface area contributed by atoms with Gasteiger partial charge in [0, 0.05) is 18.6 Å². The second-order valence-corrected chi connectivity index (χ2v) is 4.97. The highest BCUT2D eigenvalue weighted by molar-refractivity contribution is 4.83. The van der Waals surface area contributed by atoms with E-state index in [0.29, 0.717) is 6.04 Å². The van der Waals surface area contributed by atoms with Crippen LogP contribution in [0.3, 0.4) is 0 Å². The van der Waals surface area contributed by atoms with Crippen LogP contribution >= 0.6 is 0 Å². The second kappa shape index (κ2) is 5.72. The molecule has 14 heavy (non-hydrogen) atoms. The molecule has 1 fully saturated rings. The monoisotopic (exact) mass is 198 g/mol. The molecule has 0 radical (unpaired) electrons. The summed E-state index contributed by atoms with van der Waals surface area (Å²) >= 11 is 0. The van der Waals surface area contributed by atoms with Crippen molar-refractivity contribution < 1.29 is 0 Å². The van der Waals surface area contributed by atoms with E-state index in [9.17, 15) is 0 Å². The first-order valence-corrected chi connectivity index (χ1v) is 6.03. The zero-order valence-electron chi connectivity index (χ0n) is 10.2. The standard InChI is InChI=1S/C12H26N2/c1-10(2)12(9-13-3)14(4)11-7-5-6-8-11/h10-13H,5-9H2,1-4H3. The van der Waals surface area contributed by atoms with Gasteiger partial charge in [0.15, 0.2) is 0 Å². The first kappa shape index (κ1) is 12.0. The van der Waals surface area contributed by atoms with Gasteiger partial charge < -0.3 is 5.32 Å². The molecule has 1 atom stereocenters. The highest BCUT2D eigenvalue weighted by Crippen LogP contribution is 2.25. The number of rotatable bonds is 5. The molecular formula is C12H26N2. The van der Waals surface area contributed by atoms with Crippen molar-refractivity contribution in [2.75, 3.05) is 20.6 Å². The van der Waals surface area contributed by atoms with Gasteiger partial charge in [-0.1, -0.05) is 26.7 Å². The largest absolute Gasteiger partial charge is 0.318 e. The number of nitrogens with zero attached hydrogens (tertiary/aromatic N) is 1. The van der Waals surface area contributed by atoms with Gasteiger partial charge in [-0.05, 0) is 32.9 Å². The fraction of sp³-hybridized carbons (Fsp3) is 1.00. The first-order valence-electron chi connectivity index (χ1n) is 6.03. The zero-order valence-corrected chi connectivity index (χ0v) is 10.2. The first-order chi connectivity index (χ1) is 6.66. The number of nitrogens with one attached hydrogen (secondary N) is 1. The van der Waals surface area contributed by atoms with Crippen LogP contribution in [0.25, 0.3) is 0 Å². The zero-order chi connectivity index (χ0) is 10.6. The minimum atomic E-state index is 0.697. The van der Waals surface area contributed by atoms with Gasteiger partial charge in [-0.2, -0.15) is 0 Å². The number of likely N-dealkylation sites (N-methyl/N-ethyl adjacent to an activating group) is 2. The predicted molar refractivity (Wildman–Crippen MR) is 62.6 cm³/mol. The van der Waals surface area contributed by atoms with E-state index in [2.05, 4.69) is 38.2 Å². The van der Waals surface area contributed by atoms with Crippen LogP contribution in [0.2, 0.25) is 0 Å². The maximum Gasteiger partial charge on any atom is 0.0243 e. The van der Waals surface area contributed by atoms with E-state index in [1.807, 2.05) is 0 Å². The van der Waals surface area contributed by atoms with Gasteiger partial charge >= 0.3 is 0 Å². The molecule has 1 saturated carbocycles. The molecule has 1 N–H and O–H groups in total. The number of hydrogen-bond donors (Lipinski definition) is 1. The molecule has 0 heterocycles.